The molecule has 1 aliphatic carbocycles. The summed E-state index contributed by atoms with van der Waals surface area (Å²) in [5, 5.41) is 0. The minimum absolute atomic E-state index is 0.154. The van der Waals surface area contributed by atoms with Crippen LogP contribution in [0.25, 0.3) is 0 Å². The van der Waals surface area contributed by atoms with Gasteiger partial charge in [-0.1, -0.05) is 42.5 Å². The number of nitrogens with zero attached hydrogens (tertiary/aromatic N) is 1. The van der Waals surface area contributed by atoms with Crippen molar-refractivity contribution in [2.24, 2.45) is 0 Å². The topological polar surface area (TPSA) is 20.3 Å². The summed E-state index contributed by atoms with van der Waals surface area (Å²) in [4.78, 5) is 14.8. The first kappa shape index (κ1) is 13.6. The van der Waals surface area contributed by atoms with Gasteiger partial charge in [0, 0.05) is 16.2 Å². The van der Waals surface area contributed by atoms with Crippen LogP contribution < -0.4 is 0 Å². The van der Waals surface area contributed by atoms with E-state index >= 15 is 0 Å². The minimum Gasteiger partial charge on any atom is -0.331 e. The molecule has 2 aromatic carbocycles. The molecular weight excluding hydrogens is 361 g/mol. The smallest absolute Gasteiger partial charge is 0.255 e. The van der Waals surface area contributed by atoms with E-state index in [2.05, 4.69) is 34.7 Å². The summed E-state index contributed by atoms with van der Waals surface area (Å²) in [6.07, 6.45) is 2.25. The summed E-state index contributed by atoms with van der Waals surface area (Å²) < 4.78 is 1.02. The highest BCUT2D eigenvalue weighted by Crippen LogP contribution is 2.30. The Labute approximate surface area is 132 Å². The number of carbonyl (C=O) groups excluding carboxylic acids is 1. The summed E-state index contributed by atoms with van der Waals surface area (Å²) in [5.41, 5.74) is 2.01. The SMILES string of the molecule is O=C(c1ccccc1I)N(Cc1ccccc1)C1CC1. The van der Waals surface area contributed by atoms with Crippen LogP contribution in [-0.4, -0.2) is 16.8 Å². The summed E-state index contributed by atoms with van der Waals surface area (Å²) in [6.45, 7) is 0.704. The predicted octanol–water partition coefficient (Wildman–Crippen LogP) is 4.10. The zero-order valence-corrected chi connectivity index (χ0v) is 13.3. The lowest BCUT2D eigenvalue weighted by Crippen LogP contribution is -2.33. The van der Waals surface area contributed by atoms with Gasteiger partial charge in [-0.15, -0.1) is 0 Å². The Kier molecular flexibility index (Phi) is 4.05. The van der Waals surface area contributed by atoms with Gasteiger partial charge in [-0.3, -0.25) is 4.79 Å². The molecule has 3 rings (SSSR count). The second-order valence-corrected chi connectivity index (χ2v) is 6.29. The number of amides is 1. The van der Waals surface area contributed by atoms with Crippen LogP contribution in [-0.2, 0) is 6.54 Å². The predicted molar refractivity (Wildman–Crippen MR) is 88.5 cm³/mol. The number of rotatable bonds is 4. The van der Waals surface area contributed by atoms with Crippen molar-refractivity contribution >= 4 is 28.5 Å². The molecule has 0 heterocycles. The van der Waals surface area contributed by atoms with Crippen LogP contribution >= 0.6 is 22.6 Å². The standard InChI is InChI=1S/C17H16INO/c18-16-9-5-4-8-15(16)17(20)19(14-10-11-14)12-13-6-2-1-3-7-13/h1-9,14H,10-12H2. The minimum atomic E-state index is 0.154. The lowest BCUT2D eigenvalue weighted by atomic mass is 10.1. The number of hydrogen-bond acceptors (Lipinski definition) is 1. The number of halogens is 1. The van der Waals surface area contributed by atoms with Crippen LogP contribution in [0.2, 0.25) is 0 Å². The largest absolute Gasteiger partial charge is 0.331 e. The Morgan fingerprint density at radius 3 is 2.35 bits per heavy atom. The van der Waals surface area contributed by atoms with E-state index in [1.54, 1.807) is 0 Å². The Morgan fingerprint density at radius 2 is 1.70 bits per heavy atom. The Hall–Kier alpha value is -1.36. The molecule has 0 saturated heterocycles. The fraction of sp³-hybridized carbons (Fsp3) is 0.235. The van der Waals surface area contributed by atoms with Gasteiger partial charge in [0.2, 0.25) is 0 Å². The van der Waals surface area contributed by atoms with Gasteiger partial charge in [0.25, 0.3) is 5.91 Å². The lowest BCUT2D eigenvalue weighted by Gasteiger charge is -2.23. The van der Waals surface area contributed by atoms with Crippen molar-refractivity contribution in [3.05, 3.63) is 69.3 Å². The second kappa shape index (κ2) is 5.95. The van der Waals surface area contributed by atoms with E-state index < -0.39 is 0 Å². The van der Waals surface area contributed by atoms with Crippen LogP contribution in [0.1, 0.15) is 28.8 Å². The highest BCUT2D eigenvalue weighted by atomic mass is 127. The molecule has 1 fully saturated rings. The molecule has 0 unspecified atom stereocenters. The van der Waals surface area contributed by atoms with E-state index in [9.17, 15) is 4.79 Å². The van der Waals surface area contributed by atoms with Crippen molar-refractivity contribution in [1.29, 1.82) is 0 Å². The molecule has 1 amide bonds. The molecule has 2 aromatic rings. The third-order valence-electron chi connectivity index (χ3n) is 3.55. The van der Waals surface area contributed by atoms with Crippen LogP contribution in [0.5, 0.6) is 0 Å². The van der Waals surface area contributed by atoms with Gasteiger partial charge >= 0.3 is 0 Å². The summed E-state index contributed by atoms with van der Waals surface area (Å²) in [7, 11) is 0. The molecule has 102 valence electrons. The van der Waals surface area contributed by atoms with Gasteiger partial charge in [-0.25, -0.2) is 0 Å². The summed E-state index contributed by atoms with van der Waals surface area (Å²) >= 11 is 2.24. The first-order valence-corrected chi connectivity index (χ1v) is 7.93. The quantitative estimate of drug-likeness (QED) is 0.735. The van der Waals surface area contributed by atoms with E-state index in [1.165, 1.54) is 5.56 Å². The van der Waals surface area contributed by atoms with Crippen LogP contribution in [0.4, 0.5) is 0 Å². The molecule has 0 atom stereocenters. The van der Waals surface area contributed by atoms with Gasteiger partial charge in [-0.2, -0.15) is 0 Å². The average Bonchev–Trinajstić information content (AvgIpc) is 3.30. The zero-order valence-electron chi connectivity index (χ0n) is 11.1. The first-order valence-electron chi connectivity index (χ1n) is 6.85. The Bertz CT molecular complexity index is 607. The monoisotopic (exact) mass is 377 g/mol. The third kappa shape index (κ3) is 3.03. The molecule has 0 spiro atoms. The van der Waals surface area contributed by atoms with E-state index in [4.69, 9.17) is 0 Å². The van der Waals surface area contributed by atoms with Gasteiger partial charge in [0.15, 0.2) is 0 Å². The van der Waals surface area contributed by atoms with E-state index in [0.29, 0.717) is 12.6 Å². The van der Waals surface area contributed by atoms with Crippen molar-refractivity contribution in [3.63, 3.8) is 0 Å². The molecule has 1 aliphatic rings. The van der Waals surface area contributed by atoms with Gasteiger partial charge < -0.3 is 4.90 Å². The normalized spacial score (nSPS) is 14.1. The van der Waals surface area contributed by atoms with Gasteiger partial charge in [-0.05, 0) is 53.1 Å². The maximum absolute atomic E-state index is 12.8. The van der Waals surface area contributed by atoms with Crippen LogP contribution in [0.3, 0.4) is 0 Å². The lowest BCUT2D eigenvalue weighted by molar-refractivity contribution is 0.0729. The molecule has 0 radical (unpaired) electrons. The van der Waals surface area contributed by atoms with E-state index in [1.807, 2.05) is 47.4 Å². The van der Waals surface area contributed by atoms with Crippen molar-refractivity contribution in [2.45, 2.75) is 25.4 Å². The average molecular weight is 377 g/mol. The van der Waals surface area contributed by atoms with Gasteiger partial charge in [0.05, 0.1) is 5.56 Å². The van der Waals surface area contributed by atoms with Gasteiger partial charge in [0.1, 0.15) is 0 Å². The Morgan fingerprint density at radius 1 is 1.05 bits per heavy atom. The molecular formula is C17H16INO. The first-order chi connectivity index (χ1) is 9.75. The van der Waals surface area contributed by atoms with Crippen LogP contribution in [0.15, 0.2) is 54.6 Å². The molecule has 3 heteroatoms. The van der Waals surface area contributed by atoms with Crippen molar-refractivity contribution in [3.8, 4) is 0 Å². The highest BCUT2D eigenvalue weighted by Gasteiger charge is 2.33. The van der Waals surface area contributed by atoms with Crippen molar-refractivity contribution < 1.29 is 4.79 Å². The fourth-order valence-corrected chi connectivity index (χ4v) is 2.94. The fourth-order valence-electron chi connectivity index (χ4n) is 2.32. The molecule has 0 aliphatic heterocycles. The molecule has 0 N–H and O–H groups in total. The number of carbonyl (C=O) groups is 1. The summed E-state index contributed by atoms with van der Waals surface area (Å²) in [5.74, 6) is 0.154. The highest BCUT2D eigenvalue weighted by molar-refractivity contribution is 14.1. The summed E-state index contributed by atoms with van der Waals surface area (Å²) in [6, 6.07) is 18.4. The number of benzene rings is 2. The second-order valence-electron chi connectivity index (χ2n) is 5.13. The molecule has 0 bridgehead atoms. The zero-order chi connectivity index (χ0) is 13.9. The number of hydrogen-bond donors (Lipinski definition) is 0. The maximum atomic E-state index is 12.8. The molecule has 20 heavy (non-hydrogen) atoms. The van der Waals surface area contributed by atoms with Crippen molar-refractivity contribution in [2.75, 3.05) is 0 Å². The maximum Gasteiger partial charge on any atom is 0.255 e. The third-order valence-corrected chi connectivity index (χ3v) is 4.49. The van der Waals surface area contributed by atoms with Crippen LogP contribution in [0, 0.1) is 3.57 Å². The van der Waals surface area contributed by atoms with E-state index in [-0.39, 0.29) is 5.91 Å². The van der Waals surface area contributed by atoms with E-state index in [0.717, 1.165) is 22.0 Å². The van der Waals surface area contributed by atoms with Crippen molar-refractivity contribution in [1.82, 2.24) is 4.90 Å². The molecule has 1 saturated carbocycles. The molecule has 2 nitrogen and oxygen atoms in total. The molecule has 0 aromatic heterocycles. The Balaban J connectivity index is 1.84.